The molecule has 0 bridgehead atoms. The number of benzene rings is 3. The molecule has 3 aromatic heterocycles. The highest BCUT2D eigenvalue weighted by Crippen LogP contribution is 2.26. The Morgan fingerprint density at radius 2 is 0.857 bits per heavy atom. The molecule has 0 spiro atoms. The molecule has 3 N–H and O–H groups in total. The van der Waals surface area contributed by atoms with E-state index in [0.29, 0.717) is 86.1 Å². The number of nitrogens with zero attached hydrogens (tertiary/aromatic N) is 6. The van der Waals surface area contributed by atoms with Crippen LogP contribution in [0.1, 0.15) is 214 Å². The molecular weight excluding hydrogens is 1180 g/mol. The first-order chi connectivity index (χ1) is 43.1. The molecule has 3 aromatic carbocycles. The highest BCUT2D eigenvalue weighted by molar-refractivity contribution is 6.34. The Hall–Kier alpha value is -8.69. The summed E-state index contributed by atoms with van der Waals surface area (Å²) in [7, 11) is 4.16. The van der Waals surface area contributed by atoms with Gasteiger partial charge in [0.05, 0.1) is 61.7 Å². The summed E-state index contributed by atoms with van der Waals surface area (Å²) in [4.78, 5) is 96.8. The summed E-state index contributed by atoms with van der Waals surface area (Å²) in [5.74, 6) is 9.55. The topological polar surface area (TPSA) is 271 Å². The summed E-state index contributed by atoms with van der Waals surface area (Å²) < 4.78 is 29.7. The van der Waals surface area contributed by atoms with Crippen LogP contribution in [0.5, 0.6) is 0 Å². The predicted octanol–water partition coefficient (Wildman–Crippen LogP) is 14.4. The maximum Gasteiger partial charge on any atom is 0.408 e. The number of aryl methyl sites for hydroxylation is 1. The average molecular weight is 1270 g/mol. The van der Waals surface area contributed by atoms with Crippen LogP contribution in [-0.2, 0) is 49.2 Å². The Morgan fingerprint density at radius 1 is 0.484 bits per heavy atom. The summed E-state index contributed by atoms with van der Waals surface area (Å²) in [5, 5.41) is 11.5. The van der Waals surface area contributed by atoms with Crippen LogP contribution >= 0.6 is 11.6 Å². The van der Waals surface area contributed by atoms with E-state index >= 15 is 0 Å². The Labute approximate surface area is 541 Å². The third kappa shape index (κ3) is 29.2. The molecular formula is C69H92ClN9O12. The fraction of sp³-hybridized carbons (Fsp3) is 0.507. The van der Waals surface area contributed by atoms with Gasteiger partial charge in [-0.1, -0.05) is 87.2 Å². The van der Waals surface area contributed by atoms with E-state index in [-0.39, 0.29) is 30.0 Å². The van der Waals surface area contributed by atoms with Gasteiger partial charge in [-0.2, -0.15) is 0 Å². The van der Waals surface area contributed by atoms with Crippen molar-refractivity contribution in [3.8, 4) is 24.2 Å². The number of hydrogen-bond acceptors (Lipinski definition) is 18. The van der Waals surface area contributed by atoms with Gasteiger partial charge in [0.25, 0.3) is 0 Å². The van der Waals surface area contributed by atoms with Crippen molar-refractivity contribution in [2.24, 2.45) is 0 Å². The molecule has 492 valence electrons. The summed E-state index contributed by atoms with van der Waals surface area (Å²) in [6, 6.07) is 21.9. The van der Waals surface area contributed by atoms with Gasteiger partial charge in [0.1, 0.15) is 27.7 Å². The van der Waals surface area contributed by atoms with Gasteiger partial charge in [-0.15, -0.1) is 12.3 Å². The van der Waals surface area contributed by atoms with Gasteiger partial charge in [0, 0.05) is 48.3 Å². The van der Waals surface area contributed by atoms with E-state index in [4.69, 9.17) is 42.2 Å². The first kappa shape index (κ1) is 76.6. The number of unbranched alkanes of at least 4 members (excludes halogenated alkanes) is 4. The maximum absolute atomic E-state index is 12.2. The van der Waals surface area contributed by atoms with E-state index < -0.39 is 41.1 Å². The number of amides is 3. The van der Waals surface area contributed by atoms with Crippen molar-refractivity contribution in [1.29, 1.82) is 0 Å². The molecule has 3 heterocycles. The van der Waals surface area contributed by atoms with E-state index in [1.165, 1.54) is 21.3 Å². The molecule has 0 unspecified atom stereocenters. The minimum absolute atomic E-state index is 0.177. The van der Waals surface area contributed by atoms with Crippen LogP contribution in [0.25, 0.3) is 32.7 Å². The number of halogens is 1. The molecule has 22 heteroatoms. The van der Waals surface area contributed by atoms with Crippen molar-refractivity contribution in [1.82, 2.24) is 45.9 Å². The quantitative estimate of drug-likeness (QED) is 0.0199. The molecule has 0 aliphatic rings. The largest absolute Gasteiger partial charge is 0.469 e. The lowest BCUT2D eigenvalue weighted by Crippen LogP contribution is -2.35. The van der Waals surface area contributed by atoms with Crippen LogP contribution in [0.15, 0.2) is 72.8 Å². The number of esters is 3. The monoisotopic (exact) mass is 1270 g/mol. The normalized spacial score (nSPS) is 11.9. The molecule has 0 aliphatic carbocycles. The zero-order valence-corrected chi connectivity index (χ0v) is 56.4. The molecule has 3 atom stereocenters. The fourth-order valence-corrected chi connectivity index (χ4v) is 8.56. The zero-order chi connectivity index (χ0) is 67.7. The molecule has 6 aromatic rings. The number of carbonyl (C=O) groups excluding carboxylic acids is 6. The third-order valence-corrected chi connectivity index (χ3v) is 13.0. The second-order valence-electron chi connectivity index (χ2n) is 23.7. The van der Waals surface area contributed by atoms with Crippen LogP contribution in [0.2, 0.25) is 5.15 Å². The summed E-state index contributed by atoms with van der Waals surface area (Å²) in [6.45, 7) is 22.2. The summed E-state index contributed by atoms with van der Waals surface area (Å²) in [6.07, 6.45) is 12.5. The van der Waals surface area contributed by atoms with Gasteiger partial charge < -0.3 is 44.4 Å². The molecule has 91 heavy (non-hydrogen) atoms. The minimum Gasteiger partial charge on any atom is -0.469 e. The number of carbonyl (C=O) groups is 6. The molecule has 21 nitrogen and oxygen atoms in total. The minimum atomic E-state index is -0.590. The second-order valence-corrected chi connectivity index (χ2v) is 24.1. The van der Waals surface area contributed by atoms with E-state index in [2.05, 4.69) is 67.9 Å². The van der Waals surface area contributed by atoms with Crippen molar-refractivity contribution >= 4 is 80.5 Å². The number of alkyl carbamates (subject to hydrolysis) is 3. The number of hydrogen-bond donors (Lipinski definition) is 3. The van der Waals surface area contributed by atoms with E-state index in [9.17, 15) is 28.8 Å². The summed E-state index contributed by atoms with van der Waals surface area (Å²) >= 11 is 6.21. The molecule has 0 radical (unpaired) electrons. The van der Waals surface area contributed by atoms with Crippen LogP contribution in [0.3, 0.4) is 0 Å². The zero-order valence-electron chi connectivity index (χ0n) is 55.6. The SMILES string of the molecule is C#CCCCC(=O)OC.CC[C@H](NC(=O)OC(C)(C)C)c1nc(C#CCCCC(=O)OC)c2ccccc2n1.CC[C@H](NC(=O)OC(C)(C)C)c1nc(CCCCCC(=O)OC)c2ccccc2n1.CC[C@H](NC(=O)OC(C)(C)C)c1nc(Cl)c2ccccc2n1. The van der Waals surface area contributed by atoms with Gasteiger partial charge in [0.15, 0.2) is 17.5 Å². The first-order valence-corrected chi connectivity index (χ1v) is 31.0. The van der Waals surface area contributed by atoms with Crippen LogP contribution in [0, 0.1) is 24.2 Å². The van der Waals surface area contributed by atoms with Crippen LogP contribution in [-0.4, -0.2) is 104 Å². The molecule has 0 aliphatic heterocycles. The standard InChI is InChI=1S/C23H33N3O4.C23H29N3O4.C16H20ClN3O2.C7H10O2/c2*1-6-17(26-22(28)30-23(2,3)4)21-24-18(13-8-7-9-15-20(27)29-5)16-12-10-11-14-19(16)25-21;1-5-11(19-15(21)22-16(2,3)4)14-18-12-9-7-6-8-10(12)13(17)20-14;1-3-4-5-6-7(8)9-2/h10-12,14,17H,6-9,13,15H2,1-5H3,(H,26,28);10-12,14,17H,6-7,9,15H2,1-5H3,(H,26,28);6-9,11H,5H2,1-4H3,(H,19,21);1H,4-6H2,2H3/t2*17-;11-;/m000./s1. The van der Waals surface area contributed by atoms with Gasteiger partial charge >= 0.3 is 36.2 Å². The third-order valence-electron chi connectivity index (χ3n) is 12.7. The lowest BCUT2D eigenvalue weighted by Gasteiger charge is -2.23. The Balaban J connectivity index is 0.000000336. The number of nitrogens with one attached hydrogen (secondary N) is 3. The van der Waals surface area contributed by atoms with Gasteiger partial charge in [0.2, 0.25) is 0 Å². The Bertz CT molecular complexity index is 3450. The van der Waals surface area contributed by atoms with E-state index in [1.807, 2.05) is 156 Å². The molecule has 0 saturated heterocycles. The number of fused-ring (bicyclic) bond motifs is 3. The fourth-order valence-electron chi connectivity index (χ4n) is 8.31. The van der Waals surface area contributed by atoms with Crippen molar-refractivity contribution in [2.45, 2.75) is 208 Å². The Morgan fingerprint density at radius 3 is 1.29 bits per heavy atom. The molecule has 3 amide bonds. The van der Waals surface area contributed by atoms with E-state index in [1.54, 1.807) is 0 Å². The second kappa shape index (κ2) is 38.8. The van der Waals surface area contributed by atoms with Crippen molar-refractivity contribution < 1.29 is 57.2 Å². The Kier molecular flexibility index (Phi) is 32.6. The van der Waals surface area contributed by atoms with Gasteiger partial charge in [-0.25, -0.2) is 44.3 Å². The van der Waals surface area contributed by atoms with Crippen molar-refractivity contribution in [3.63, 3.8) is 0 Å². The highest BCUT2D eigenvalue weighted by atomic mass is 35.5. The number of para-hydroxylation sites is 3. The molecule has 0 saturated carbocycles. The lowest BCUT2D eigenvalue weighted by atomic mass is 10.1. The van der Waals surface area contributed by atoms with Crippen LogP contribution in [0.4, 0.5) is 14.4 Å². The number of rotatable bonds is 21. The first-order valence-electron chi connectivity index (χ1n) is 30.6. The number of terminal acetylenes is 1. The summed E-state index contributed by atoms with van der Waals surface area (Å²) in [5.41, 5.74) is 2.21. The van der Waals surface area contributed by atoms with Gasteiger partial charge in [-0.05, 0) is 150 Å². The highest BCUT2D eigenvalue weighted by Gasteiger charge is 2.25. The average Bonchev–Trinajstić information content (AvgIpc) is 0.884. The van der Waals surface area contributed by atoms with Crippen molar-refractivity contribution in [3.05, 3.63) is 107 Å². The number of aromatic nitrogens is 6. The number of methoxy groups -OCH3 is 3. The van der Waals surface area contributed by atoms with Gasteiger partial charge in [-0.3, -0.25) is 14.4 Å². The van der Waals surface area contributed by atoms with Crippen LogP contribution < -0.4 is 16.0 Å². The lowest BCUT2D eigenvalue weighted by molar-refractivity contribution is -0.141. The van der Waals surface area contributed by atoms with Crippen molar-refractivity contribution in [2.75, 3.05) is 21.3 Å². The molecule has 6 rings (SSSR count). The maximum atomic E-state index is 12.2. The van der Waals surface area contributed by atoms with E-state index in [0.717, 1.165) is 70.5 Å². The number of ether oxygens (including phenoxy) is 6. The predicted molar refractivity (Wildman–Crippen MR) is 352 cm³/mol. The molecule has 0 fully saturated rings. The smallest absolute Gasteiger partial charge is 0.408 e.